The predicted octanol–water partition coefficient (Wildman–Crippen LogP) is 20.1. The van der Waals surface area contributed by atoms with E-state index in [0.29, 0.717) is 0 Å². The first-order valence-corrected chi connectivity index (χ1v) is 24.9. The van der Waals surface area contributed by atoms with E-state index in [1.165, 1.54) is 38.6 Å². The van der Waals surface area contributed by atoms with E-state index in [2.05, 4.69) is 254 Å². The summed E-state index contributed by atoms with van der Waals surface area (Å²) >= 11 is 0. The zero-order valence-electron chi connectivity index (χ0n) is 39.7. The van der Waals surface area contributed by atoms with Crippen molar-refractivity contribution >= 4 is 71.7 Å². The van der Waals surface area contributed by atoms with Gasteiger partial charge in [-0.1, -0.05) is 212 Å². The summed E-state index contributed by atoms with van der Waals surface area (Å²) in [6.45, 7) is 0. The molecule has 0 aliphatic carbocycles. The van der Waals surface area contributed by atoms with Gasteiger partial charge in [0.15, 0.2) is 0 Å². The van der Waals surface area contributed by atoms with Gasteiger partial charge in [-0.2, -0.15) is 0 Å². The molecule has 0 radical (unpaired) electrons. The standard InChI is InChI=1S/C70H45NO2/c1-3-15-46(16-4-1)48-33-37-55(38-34-48)71(56-39-35-49(36-40-56)47-17-5-2-6-18-47)66-42-41-57(60-19-7-8-20-61(60)66)51-31-29-50(30-32-51)52-43-53(58-23-13-25-64-62-21-9-11-27-67(62)72-69(58)64)45-54(44-52)59-24-14-26-65-63-22-10-12-28-68(63)73-70(59)65/h1-45H. The van der Waals surface area contributed by atoms with Crippen LogP contribution in [0.2, 0.25) is 0 Å². The van der Waals surface area contributed by atoms with E-state index in [9.17, 15) is 0 Å². The Kier molecular flexibility index (Phi) is 10.2. The lowest BCUT2D eigenvalue weighted by Gasteiger charge is -2.28. The van der Waals surface area contributed by atoms with E-state index < -0.39 is 0 Å². The number of fused-ring (bicyclic) bond motifs is 7. The van der Waals surface area contributed by atoms with Gasteiger partial charge in [0.2, 0.25) is 0 Å². The second-order valence-corrected chi connectivity index (χ2v) is 18.8. The molecular weight excluding hydrogens is 887 g/mol. The van der Waals surface area contributed by atoms with Gasteiger partial charge in [-0.25, -0.2) is 0 Å². The maximum atomic E-state index is 6.63. The zero-order chi connectivity index (χ0) is 48.2. The zero-order valence-corrected chi connectivity index (χ0v) is 39.7. The summed E-state index contributed by atoms with van der Waals surface area (Å²) in [4.78, 5) is 2.39. The Balaban J connectivity index is 0.880. The fourth-order valence-electron chi connectivity index (χ4n) is 10.9. The molecule has 342 valence electrons. The Morgan fingerprint density at radius 3 is 1.12 bits per heavy atom. The van der Waals surface area contributed by atoms with E-state index >= 15 is 0 Å². The molecule has 73 heavy (non-hydrogen) atoms. The van der Waals surface area contributed by atoms with Crippen molar-refractivity contribution in [1.29, 1.82) is 0 Å². The molecule has 14 rings (SSSR count). The van der Waals surface area contributed by atoms with E-state index in [1.54, 1.807) is 0 Å². The van der Waals surface area contributed by atoms with Gasteiger partial charge in [-0.15, -0.1) is 0 Å². The first-order valence-electron chi connectivity index (χ1n) is 24.9. The van der Waals surface area contributed by atoms with Crippen LogP contribution >= 0.6 is 0 Å². The molecule has 0 N–H and O–H groups in total. The van der Waals surface area contributed by atoms with Gasteiger partial charge in [0.25, 0.3) is 0 Å². The number of nitrogens with zero attached hydrogens (tertiary/aromatic N) is 1. The van der Waals surface area contributed by atoms with Crippen LogP contribution < -0.4 is 4.90 Å². The van der Waals surface area contributed by atoms with Crippen LogP contribution in [0.4, 0.5) is 17.1 Å². The number of hydrogen-bond donors (Lipinski definition) is 0. The maximum Gasteiger partial charge on any atom is 0.143 e. The summed E-state index contributed by atoms with van der Waals surface area (Å²) in [5.41, 5.74) is 20.3. The van der Waals surface area contributed by atoms with Crippen LogP contribution in [0.25, 0.3) is 121 Å². The molecule has 14 aromatic rings. The van der Waals surface area contributed by atoms with Crippen LogP contribution in [-0.2, 0) is 0 Å². The Morgan fingerprint density at radius 2 is 0.603 bits per heavy atom. The summed E-state index contributed by atoms with van der Waals surface area (Å²) in [6.07, 6.45) is 0. The lowest BCUT2D eigenvalue weighted by molar-refractivity contribution is 0.670. The van der Waals surface area contributed by atoms with Crippen molar-refractivity contribution in [2.75, 3.05) is 4.90 Å². The number of para-hydroxylation sites is 4. The topological polar surface area (TPSA) is 29.5 Å². The van der Waals surface area contributed by atoms with E-state index in [-0.39, 0.29) is 0 Å². The molecule has 0 atom stereocenters. The number of benzene rings is 12. The second-order valence-electron chi connectivity index (χ2n) is 18.8. The Hall–Kier alpha value is -9.70. The Labute approximate surface area is 423 Å². The van der Waals surface area contributed by atoms with Crippen molar-refractivity contribution in [2.45, 2.75) is 0 Å². The van der Waals surface area contributed by atoms with Gasteiger partial charge in [0, 0.05) is 49.4 Å². The van der Waals surface area contributed by atoms with Crippen molar-refractivity contribution in [3.05, 3.63) is 273 Å². The minimum atomic E-state index is 0.881. The smallest absolute Gasteiger partial charge is 0.143 e. The third-order valence-corrected chi connectivity index (χ3v) is 14.5. The molecule has 3 nitrogen and oxygen atoms in total. The molecule has 0 spiro atoms. The van der Waals surface area contributed by atoms with Crippen LogP contribution in [0.3, 0.4) is 0 Å². The van der Waals surface area contributed by atoms with E-state index in [4.69, 9.17) is 8.83 Å². The monoisotopic (exact) mass is 931 g/mol. The fourth-order valence-corrected chi connectivity index (χ4v) is 10.9. The van der Waals surface area contributed by atoms with Gasteiger partial charge in [0.05, 0.1) is 5.69 Å². The molecule has 3 heteroatoms. The summed E-state index contributed by atoms with van der Waals surface area (Å²) in [6, 6.07) is 97.9. The lowest BCUT2D eigenvalue weighted by atomic mass is 9.91. The fraction of sp³-hybridized carbons (Fsp3) is 0. The molecule has 12 aromatic carbocycles. The van der Waals surface area contributed by atoms with Gasteiger partial charge >= 0.3 is 0 Å². The quantitative estimate of drug-likeness (QED) is 0.144. The number of furan rings is 2. The second kappa shape index (κ2) is 17.6. The predicted molar refractivity (Wildman–Crippen MR) is 306 cm³/mol. The normalized spacial score (nSPS) is 11.6. The maximum absolute atomic E-state index is 6.63. The SMILES string of the molecule is c1ccc(-c2ccc(N(c3ccc(-c4ccccc4)cc3)c3ccc(-c4ccc(-c5cc(-c6cccc7c6oc6ccccc67)cc(-c6cccc7c6oc6ccccc67)c5)cc4)c4ccccc34)cc2)cc1. The highest BCUT2D eigenvalue weighted by atomic mass is 16.3. The first kappa shape index (κ1) is 42.2. The molecule has 0 amide bonds. The molecular formula is C70H45NO2. The Morgan fingerprint density at radius 1 is 0.219 bits per heavy atom. The Bertz CT molecular complexity index is 4120. The van der Waals surface area contributed by atoms with Crippen LogP contribution in [0, 0.1) is 0 Å². The van der Waals surface area contributed by atoms with Gasteiger partial charge in [-0.05, 0) is 122 Å². The molecule has 0 fully saturated rings. The third-order valence-electron chi connectivity index (χ3n) is 14.5. The number of hydrogen-bond acceptors (Lipinski definition) is 3. The third kappa shape index (κ3) is 7.46. The van der Waals surface area contributed by atoms with Crippen LogP contribution in [0.15, 0.2) is 282 Å². The van der Waals surface area contributed by atoms with Gasteiger partial charge < -0.3 is 13.7 Å². The van der Waals surface area contributed by atoms with Crippen LogP contribution in [0.1, 0.15) is 0 Å². The molecule has 0 aliphatic heterocycles. The van der Waals surface area contributed by atoms with E-state index in [0.717, 1.165) is 99.9 Å². The number of anilines is 3. The highest BCUT2D eigenvalue weighted by Gasteiger charge is 2.20. The van der Waals surface area contributed by atoms with E-state index in [1.807, 2.05) is 24.3 Å². The van der Waals surface area contributed by atoms with Crippen molar-refractivity contribution in [1.82, 2.24) is 0 Å². The van der Waals surface area contributed by atoms with Crippen molar-refractivity contribution in [3.63, 3.8) is 0 Å². The summed E-state index contributed by atoms with van der Waals surface area (Å²) in [7, 11) is 0. The molecule has 0 bridgehead atoms. The highest BCUT2D eigenvalue weighted by molar-refractivity contribution is 6.12. The lowest BCUT2D eigenvalue weighted by Crippen LogP contribution is -2.10. The van der Waals surface area contributed by atoms with Crippen LogP contribution in [0.5, 0.6) is 0 Å². The summed E-state index contributed by atoms with van der Waals surface area (Å²) in [5.74, 6) is 0. The summed E-state index contributed by atoms with van der Waals surface area (Å²) < 4.78 is 13.3. The highest BCUT2D eigenvalue weighted by Crippen LogP contribution is 2.45. The molecule has 0 saturated heterocycles. The minimum absolute atomic E-state index is 0.881. The molecule has 2 heterocycles. The largest absolute Gasteiger partial charge is 0.455 e. The molecule has 2 aromatic heterocycles. The van der Waals surface area contributed by atoms with Crippen molar-refractivity contribution < 1.29 is 8.83 Å². The van der Waals surface area contributed by atoms with Crippen molar-refractivity contribution in [2.24, 2.45) is 0 Å². The summed E-state index contributed by atoms with van der Waals surface area (Å²) in [5, 5.41) is 6.78. The van der Waals surface area contributed by atoms with Crippen LogP contribution in [-0.4, -0.2) is 0 Å². The average molecular weight is 932 g/mol. The van der Waals surface area contributed by atoms with Gasteiger partial charge in [0.1, 0.15) is 22.3 Å². The number of rotatable bonds is 9. The first-order chi connectivity index (χ1) is 36.2. The average Bonchev–Trinajstić information content (AvgIpc) is 4.05. The minimum Gasteiger partial charge on any atom is -0.455 e. The molecule has 0 aliphatic rings. The molecule has 0 unspecified atom stereocenters. The van der Waals surface area contributed by atoms with Crippen molar-refractivity contribution in [3.8, 4) is 66.8 Å². The van der Waals surface area contributed by atoms with Gasteiger partial charge in [-0.3, -0.25) is 0 Å². The molecule has 0 saturated carbocycles.